The summed E-state index contributed by atoms with van der Waals surface area (Å²) in [4.78, 5) is 16.8. The lowest BCUT2D eigenvalue weighted by Gasteiger charge is -2.16. The maximum atomic E-state index is 13.9. The second kappa shape index (κ2) is 9.40. The summed E-state index contributed by atoms with van der Waals surface area (Å²) >= 11 is 0. The Morgan fingerprint density at radius 3 is 1.31 bits per heavy atom. The van der Waals surface area contributed by atoms with Gasteiger partial charge in [0.05, 0.1) is 5.56 Å². The van der Waals surface area contributed by atoms with Gasteiger partial charge in [-0.25, -0.2) is 36.8 Å². The van der Waals surface area contributed by atoms with Crippen LogP contribution in [0.2, 0.25) is 0 Å². The van der Waals surface area contributed by atoms with Crippen LogP contribution >= 0.6 is 0 Å². The zero-order chi connectivity index (χ0) is 25.2. The van der Waals surface area contributed by atoms with Gasteiger partial charge in [0.25, 0.3) is 0 Å². The van der Waals surface area contributed by atoms with Crippen molar-refractivity contribution in [3.05, 3.63) is 109 Å². The van der Waals surface area contributed by atoms with Gasteiger partial charge in [-0.05, 0) is 29.8 Å². The van der Waals surface area contributed by atoms with Crippen molar-refractivity contribution in [1.82, 2.24) is 19.9 Å². The van der Waals surface area contributed by atoms with Crippen LogP contribution in [0.5, 0.6) is 0 Å². The van der Waals surface area contributed by atoms with Crippen molar-refractivity contribution in [3.63, 3.8) is 0 Å². The number of nitrogens with zero attached hydrogens (tertiary/aromatic N) is 4. The molecule has 2 aromatic carbocycles. The molecule has 0 spiro atoms. The van der Waals surface area contributed by atoms with Gasteiger partial charge in [-0.1, -0.05) is 72.8 Å². The fraction of sp³-hybridized carbons (Fsp3) is 0. The average Bonchev–Trinajstić information content (AvgIpc) is 2.94. The van der Waals surface area contributed by atoms with E-state index >= 15 is 0 Å². The van der Waals surface area contributed by atoms with Gasteiger partial charge in [0, 0.05) is 18.0 Å². The zero-order valence-electron chi connectivity index (χ0n) is 18.6. The lowest BCUT2D eigenvalue weighted by Crippen LogP contribution is -2.16. The van der Waals surface area contributed by atoms with Crippen LogP contribution in [-0.2, 0) is 19.7 Å². The molecule has 0 saturated heterocycles. The molecule has 0 N–H and O–H groups in total. The van der Waals surface area contributed by atoms with E-state index in [1.54, 1.807) is 72.8 Å². The smallest absolute Gasteiger partial charge is 0.241 e. The van der Waals surface area contributed by atoms with Gasteiger partial charge in [-0.3, -0.25) is 0 Å². The van der Waals surface area contributed by atoms with Crippen molar-refractivity contribution >= 4 is 19.7 Å². The van der Waals surface area contributed by atoms with E-state index < -0.39 is 29.7 Å². The number of rotatable bonds is 6. The molecular formula is C26H18N4O4S2. The lowest BCUT2D eigenvalue weighted by molar-refractivity contribution is 0.584. The summed E-state index contributed by atoms with van der Waals surface area (Å²) in [5.41, 5.74) is 0.625. The van der Waals surface area contributed by atoms with Crippen molar-refractivity contribution < 1.29 is 16.8 Å². The second-order valence-corrected chi connectivity index (χ2v) is 11.2. The Morgan fingerprint density at radius 1 is 0.472 bits per heavy atom. The molecule has 178 valence electrons. The first-order valence-corrected chi connectivity index (χ1v) is 13.7. The largest absolute Gasteiger partial charge is 0.244 e. The van der Waals surface area contributed by atoms with E-state index in [9.17, 15) is 16.8 Å². The van der Waals surface area contributed by atoms with Crippen LogP contribution in [0.1, 0.15) is 0 Å². The van der Waals surface area contributed by atoms with Gasteiger partial charge >= 0.3 is 0 Å². The first kappa shape index (κ1) is 23.5. The maximum Gasteiger partial charge on any atom is 0.241 e. The molecule has 0 aliphatic carbocycles. The van der Waals surface area contributed by atoms with Crippen molar-refractivity contribution in [1.29, 1.82) is 0 Å². The van der Waals surface area contributed by atoms with Gasteiger partial charge < -0.3 is 0 Å². The normalized spacial score (nSPS) is 11.8. The summed E-state index contributed by atoms with van der Waals surface area (Å²) in [6, 6.07) is 25.8. The van der Waals surface area contributed by atoms with Crippen LogP contribution in [0.25, 0.3) is 22.5 Å². The van der Waals surface area contributed by atoms with Gasteiger partial charge in [0.1, 0.15) is 0 Å². The number of benzene rings is 2. The maximum absolute atomic E-state index is 13.9. The Bertz CT molecular complexity index is 1640. The highest BCUT2D eigenvalue weighted by Gasteiger charge is 2.35. The monoisotopic (exact) mass is 514 g/mol. The molecule has 0 atom stereocenters. The first-order valence-electron chi connectivity index (χ1n) is 10.7. The number of hydrogen-bond donors (Lipinski definition) is 0. The molecule has 0 amide bonds. The molecule has 0 aliphatic rings. The zero-order valence-corrected chi connectivity index (χ0v) is 20.3. The molecule has 0 bridgehead atoms. The highest BCUT2D eigenvalue weighted by molar-refractivity contribution is 7.92. The van der Waals surface area contributed by atoms with Gasteiger partial charge in [-0.15, -0.1) is 0 Å². The average molecular weight is 515 g/mol. The molecule has 5 rings (SSSR count). The van der Waals surface area contributed by atoms with E-state index in [0.717, 1.165) is 0 Å². The highest BCUT2D eigenvalue weighted by Crippen LogP contribution is 2.37. The third-order valence-electron chi connectivity index (χ3n) is 5.27. The van der Waals surface area contributed by atoms with E-state index in [2.05, 4.69) is 19.9 Å². The standard InChI is InChI=1S/C26H18N4O4S2/c31-35(32,21-15-7-9-17-27-21)25-23(19-11-3-1-4-12-19)26(36(33,34)22-16-8-10-18-28-22)30-24(29-25)20-13-5-2-6-14-20/h1-18H. The van der Waals surface area contributed by atoms with Crippen molar-refractivity contribution in [3.8, 4) is 22.5 Å². The van der Waals surface area contributed by atoms with E-state index in [4.69, 9.17) is 0 Å². The summed E-state index contributed by atoms with van der Waals surface area (Å²) in [5, 5.41) is -1.45. The van der Waals surface area contributed by atoms with Gasteiger partial charge in [0.2, 0.25) is 19.7 Å². The molecule has 3 heterocycles. The van der Waals surface area contributed by atoms with E-state index in [1.807, 2.05) is 0 Å². The van der Waals surface area contributed by atoms with Crippen LogP contribution < -0.4 is 0 Å². The minimum absolute atomic E-state index is 0.0562. The molecule has 0 saturated carbocycles. The minimum Gasteiger partial charge on any atom is -0.244 e. The van der Waals surface area contributed by atoms with Gasteiger partial charge in [0.15, 0.2) is 25.9 Å². The van der Waals surface area contributed by atoms with Crippen molar-refractivity contribution in [2.45, 2.75) is 20.1 Å². The summed E-state index contributed by atoms with van der Waals surface area (Å²) in [6.45, 7) is 0. The Balaban J connectivity index is 1.94. The Hall–Kier alpha value is -4.28. The lowest BCUT2D eigenvalue weighted by atomic mass is 10.1. The van der Waals surface area contributed by atoms with Crippen molar-refractivity contribution in [2.24, 2.45) is 0 Å². The Kier molecular flexibility index (Phi) is 6.13. The summed E-state index contributed by atoms with van der Waals surface area (Å²) < 4.78 is 55.5. The third kappa shape index (κ3) is 4.28. The number of aromatic nitrogens is 4. The molecule has 0 aliphatic heterocycles. The predicted molar refractivity (Wildman–Crippen MR) is 132 cm³/mol. The molecule has 0 unspecified atom stereocenters. The van der Waals surface area contributed by atoms with E-state index in [0.29, 0.717) is 11.1 Å². The van der Waals surface area contributed by atoms with Crippen LogP contribution in [0.15, 0.2) is 130 Å². The first-order chi connectivity index (χ1) is 17.4. The summed E-state index contributed by atoms with van der Waals surface area (Å²) in [5.74, 6) is -0.0562. The van der Waals surface area contributed by atoms with E-state index in [1.165, 1.54) is 36.7 Å². The number of pyridine rings is 2. The predicted octanol–water partition coefficient (Wildman–Crippen LogP) is 4.27. The van der Waals surface area contributed by atoms with E-state index in [-0.39, 0.29) is 21.4 Å². The molecule has 10 heteroatoms. The fourth-order valence-corrected chi connectivity index (χ4v) is 6.34. The second-order valence-electron chi connectivity index (χ2n) is 7.61. The quantitative estimate of drug-likeness (QED) is 0.308. The Morgan fingerprint density at radius 2 is 0.889 bits per heavy atom. The molecule has 3 aromatic heterocycles. The molecule has 8 nitrogen and oxygen atoms in total. The summed E-state index contributed by atoms with van der Waals surface area (Å²) in [7, 11) is -8.72. The molecule has 36 heavy (non-hydrogen) atoms. The fourth-order valence-electron chi connectivity index (χ4n) is 3.59. The van der Waals surface area contributed by atoms with Crippen LogP contribution in [-0.4, -0.2) is 36.8 Å². The van der Waals surface area contributed by atoms with Crippen LogP contribution in [0, 0.1) is 0 Å². The highest BCUT2D eigenvalue weighted by atomic mass is 32.2. The SMILES string of the molecule is O=S(=O)(c1ccccn1)c1nc(-c2ccccc2)nc(S(=O)(=O)c2ccccn2)c1-c1ccccc1. The molecular weight excluding hydrogens is 496 g/mol. The van der Waals surface area contributed by atoms with Gasteiger partial charge in [-0.2, -0.15) is 0 Å². The topological polar surface area (TPSA) is 120 Å². The molecule has 0 fully saturated rings. The molecule has 0 radical (unpaired) electrons. The number of hydrogen-bond acceptors (Lipinski definition) is 8. The van der Waals surface area contributed by atoms with Crippen LogP contribution in [0.3, 0.4) is 0 Å². The third-order valence-corrected chi connectivity index (χ3v) is 8.47. The molecule has 5 aromatic rings. The van der Waals surface area contributed by atoms with Crippen LogP contribution in [0.4, 0.5) is 0 Å². The Labute approximate surface area is 208 Å². The summed E-state index contributed by atoms with van der Waals surface area (Å²) in [6.07, 6.45) is 2.69. The minimum atomic E-state index is -4.36. The van der Waals surface area contributed by atoms with Crippen molar-refractivity contribution in [2.75, 3.05) is 0 Å². The number of sulfone groups is 2.